The Hall–Kier alpha value is -1.23. The third-order valence-corrected chi connectivity index (χ3v) is 3.21. The average molecular weight is 273 g/mol. The zero-order valence-corrected chi connectivity index (χ0v) is 9.54. The molecule has 0 fully saturated rings. The molecule has 15 heavy (non-hydrogen) atoms. The van der Waals surface area contributed by atoms with Crippen LogP contribution in [0.3, 0.4) is 0 Å². The van der Waals surface area contributed by atoms with Gasteiger partial charge in [0.25, 0.3) is 0 Å². The summed E-state index contributed by atoms with van der Waals surface area (Å²) in [6, 6.07) is 1.13. The molecule has 80 valence electrons. The van der Waals surface area contributed by atoms with Crippen LogP contribution in [-0.4, -0.2) is 22.3 Å². The van der Waals surface area contributed by atoms with Crippen LogP contribution in [-0.2, 0) is 11.2 Å². The van der Waals surface area contributed by atoms with E-state index in [2.05, 4.69) is 15.9 Å². The SMILES string of the molecule is C[C@@H]1Cc2c(Br)c(O)cc(O)c2C(=O)O1. The number of fused-ring (bicyclic) bond motifs is 1. The largest absolute Gasteiger partial charge is 0.507 e. The molecule has 0 radical (unpaired) electrons. The van der Waals surface area contributed by atoms with Crippen molar-refractivity contribution in [3.8, 4) is 11.5 Å². The summed E-state index contributed by atoms with van der Waals surface area (Å²) >= 11 is 3.19. The highest BCUT2D eigenvalue weighted by molar-refractivity contribution is 9.10. The smallest absolute Gasteiger partial charge is 0.342 e. The summed E-state index contributed by atoms with van der Waals surface area (Å²) in [5, 5.41) is 19.0. The summed E-state index contributed by atoms with van der Waals surface area (Å²) in [5.74, 6) is -0.877. The van der Waals surface area contributed by atoms with Crippen LogP contribution in [0.25, 0.3) is 0 Å². The molecular formula is C10H9BrO4. The number of phenolic OH excluding ortho intramolecular Hbond substituents is 2. The van der Waals surface area contributed by atoms with Crippen LogP contribution >= 0.6 is 15.9 Å². The Balaban J connectivity index is 2.69. The molecule has 0 unspecified atom stereocenters. The number of aromatic hydroxyl groups is 2. The highest BCUT2D eigenvalue weighted by atomic mass is 79.9. The van der Waals surface area contributed by atoms with Crippen molar-refractivity contribution >= 4 is 21.9 Å². The van der Waals surface area contributed by atoms with Crippen LogP contribution in [0.2, 0.25) is 0 Å². The topological polar surface area (TPSA) is 66.8 Å². The third kappa shape index (κ3) is 1.56. The van der Waals surface area contributed by atoms with Gasteiger partial charge in [-0.05, 0) is 28.4 Å². The molecule has 1 aromatic rings. The number of benzene rings is 1. The molecule has 1 atom stereocenters. The Bertz CT molecular complexity index is 442. The predicted molar refractivity (Wildman–Crippen MR) is 56.1 cm³/mol. The van der Waals surface area contributed by atoms with Gasteiger partial charge in [0, 0.05) is 12.5 Å². The van der Waals surface area contributed by atoms with Crippen LogP contribution in [0.15, 0.2) is 10.5 Å². The van der Waals surface area contributed by atoms with Gasteiger partial charge in [-0.2, -0.15) is 0 Å². The van der Waals surface area contributed by atoms with Crippen molar-refractivity contribution in [1.29, 1.82) is 0 Å². The maximum atomic E-state index is 11.5. The summed E-state index contributed by atoms with van der Waals surface area (Å²) in [6.45, 7) is 1.76. The molecule has 0 aliphatic carbocycles. The molecule has 1 aliphatic rings. The third-order valence-electron chi connectivity index (χ3n) is 2.33. The first-order valence-electron chi connectivity index (χ1n) is 4.45. The molecule has 0 bridgehead atoms. The molecule has 1 heterocycles. The molecule has 0 saturated carbocycles. The molecule has 0 amide bonds. The standard InChI is InChI=1S/C10H9BrO4/c1-4-2-5-8(10(14)15-4)6(12)3-7(13)9(5)11/h3-4,12-13H,2H2,1H3/t4-/m1/s1. The molecule has 1 aliphatic heterocycles. The van der Waals surface area contributed by atoms with Gasteiger partial charge in [-0.1, -0.05) is 0 Å². The second kappa shape index (κ2) is 3.41. The van der Waals surface area contributed by atoms with E-state index >= 15 is 0 Å². The first-order chi connectivity index (χ1) is 7.00. The molecule has 1 aromatic carbocycles. The lowest BCUT2D eigenvalue weighted by Crippen LogP contribution is -2.25. The van der Waals surface area contributed by atoms with E-state index in [-0.39, 0.29) is 23.2 Å². The van der Waals surface area contributed by atoms with Crippen molar-refractivity contribution in [1.82, 2.24) is 0 Å². The van der Waals surface area contributed by atoms with Gasteiger partial charge in [-0.25, -0.2) is 4.79 Å². The molecule has 0 aromatic heterocycles. The van der Waals surface area contributed by atoms with E-state index in [1.165, 1.54) is 0 Å². The number of hydrogen-bond donors (Lipinski definition) is 2. The first kappa shape index (κ1) is 10.3. The fourth-order valence-corrected chi connectivity index (χ4v) is 2.15. The summed E-state index contributed by atoms with van der Waals surface area (Å²) in [6.07, 6.45) is 0.228. The molecule has 0 saturated heterocycles. The van der Waals surface area contributed by atoms with E-state index in [0.717, 1.165) is 6.07 Å². The number of esters is 1. The zero-order valence-electron chi connectivity index (χ0n) is 7.95. The van der Waals surface area contributed by atoms with Gasteiger partial charge < -0.3 is 14.9 Å². The Morgan fingerprint density at radius 2 is 2.13 bits per heavy atom. The van der Waals surface area contributed by atoms with Crippen LogP contribution in [0.4, 0.5) is 0 Å². The zero-order chi connectivity index (χ0) is 11.2. The van der Waals surface area contributed by atoms with Gasteiger partial charge in [0.15, 0.2) is 0 Å². The Labute approximate surface area is 94.6 Å². The summed E-state index contributed by atoms with van der Waals surface area (Å²) in [4.78, 5) is 11.5. The minimum Gasteiger partial charge on any atom is -0.507 e. The minimum absolute atomic E-state index is 0.0758. The highest BCUT2D eigenvalue weighted by Crippen LogP contribution is 2.39. The second-order valence-corrected chi connectivity index (χ2v) is 4.30. The first-order valence-corrected chi connectivity index (χ1v) is 5.24. The van der Waals surface area contributed by atoms with Crippen molar-refractivity contribution in [3.05, 3.63) is 21.7 Å². The monoisotopic (exact) mass is 272 g/mol. The highest BCUT2D eigenvalue weighted by Gasteiger charge is 2.29. The number of carbonyl (C=O) groups is 1. The van der Waals surface area contributed by atoms with E-state index in [4.69, 9.17) is 4.74 Å². The minimum atomic E-state index is -0.554. The summed E-state index contributed by atoms with van der Waals surface area (Å²) in [7, 11) is 0. The molecule has 2 rings (SSSR count). The lowest BCUT2D eigenvalue weighted by molar-refractivity contribution is 0.0296. The number of phenols is 2. The maximum absolute atomic E-state index is 11.5. The van der Waals surface area contributed by atoms with Crippen LogP contribution in [0.1, 0.15) is 22.8 Å². The van der Waals surface area contributed by atoms with Gasteiger partial charge in [0.05, 0.1) is 4.47 Å². The van der Waals surface area contributed by atoms with E-state index < -0.39 is 5.97 Å². The fraction of sp³-hybridized carbons (Fsp3) is 0.300. The number of halogens is 1. The number of hydrogen-bond acceptors (Lipinski definition) is 4. The van der Waals surface area contributed by atoms with E-state index in [1.807, 2.05) is 0 Å². The van der Waals surface area contributed by atoms with Crippen molar-refractivity contribution in [2.24, 2.45) is 0 Å². The Kier molecular flexibility index (Phi) is 2.34. The van der Waals surface area contributed by atoms with E-state index in [1.54, 1.807) is 6.92 Å². The van der Waals surface area contributed by atoms with E-state index in [0.29, 0.717) is 16.5 Å². The van der Waals surface area contributed by atoms with Crippen molar-refractivity contribution in [2.45, 2.75) is 19.4 Å². The van der Waals surface area contributed by atoms with Crippen LogP contribution in [0.5, 0.6) is 11.5 Å². The lowest BCUT2D eigenvalue weighted by Gasteiger charge is -2.23. The van der Waals surface area contributed by atoms with Crippen molar-refractivity contribution in [3.63, 3.8) is 0 Å². The molecule has 0 spiro atoms. The van der Waals surface area contributed by atoms with Gasteiger partial charge >= 0.3 is 5.97 Å². The quantitative estimate of drug-likeness (QED) is 0.709. The molecule has 4 nitrogen and oxygen atoms in total. The lowest BCUT2D eigenvalue weighted by atomic mass is 9.98. The van der Waals surface area contributed by atoms with Crippen LogP contribution < -0.4 is 0 Å². The fourth-order valence-electron chi connectivity index (χ4n) is 1.67. The van der Waals surface area contributed by atoms with Gasteiger partial charge in [0.1, 0.15) is 23.2 Å². The number of ether oxygens (including phenoxy) is 1. The Morgan fingerprint density at radius 1 is 1.47 bits per heavy atom. The molecule has 5 heteroatoms. The van der Waals surface area contributed by atoms with Crippen LogP contribution in [0, 0.1) is 0 Å². The van der Waals surface area contributed by atoms with Gasteiger partial charge in [0.2, 0.25) is 0 Å². The average Bonchev–Trinajstić information content (AvgIpc) is 2.12. The number of rotatable bonds is 0. The maximum Gasteiger partial charge on any atom is 0.342 e. The summed E-state index contributed by atoms with van der Waals surface area (Å²) in [5.41, 5.74) is 0.731. The van der Waals surface area contributed by atoms with Crippen molar-refractivity contribution in [2.75, 3.05) is 0 Å². The number of carbonyl (C=O) groups excluding carboxylic acids is 1. The normalized spacial score (nSPS) is 19.6. The van der Waals surface area contributed by atoms with Gasteiger partial charge in [-0.3, -0.25) is 0 Å². The Morgan fingerprint density at radius 3 is 2.80 bits per heavy atom. The molecule has 2 N–H and O–H groups in total. The predicted octanol–water partition coefficient (Wildman–Crippen LogP) is 1.96. The molecular weight excluding hydrogens is 264 g/mol. The van der Waals surface area contributed by atoms with Crippen molar-refractivity contribution < 1.29 is 19.7 Å². The van der Waals surface area contributed by atoms with E-state index in [9.17, 15) is 15.0 Å². The number of cyclic esters (lactones) is 1. The van der Waals surface area contributed by atoms with Gasteiger partial charge in [-0.15, -0.1) is 0 Å². The summed E-state index contributed by atoms with van der Waals surface area (Å²) < 4.78 is 5.43. The second-order valence-electron chi connectivity index (χ2n) is 3.50.